The van der Waals surface area contributed by atoms with E-state index in [1.54, 1.807) is 0 Å². The maximum Gasteiger partial charge on any atom is 0.0120 e. The maximum atomic E-state index is 2.30. The quantitative estimate of drug-likeness (QED) is 0.446. The van der Waals surface area contributed by atoms with Gasteiger partial charge in [0.05, 0.1) is 0 Å². The molecule has 0 spiro atoms. The summed E-state index contributed by atoms with van der Waals surface area (Å²) in [6.07, 6.45) is 3.99. The van der Waals surface area contributed by atoms with Crippen molar-refractivity contribution in [3.8, 4) is 0 Å². The topological polar surface area (TPSA) is 0 Å². The van der Waals surface area contributed by atoms with E-state index in [1.807, 2.05) is 21.6 Å². The molecule has 0 aliphatic rings. The molecule has 2 heteroatoms. The number of rotatable bonds is 6. The van der Waals surface area contributed by atoms with Crippen LogP contribution in [0.3, 0.4) is 0 Å². The Bertz CT molecular complexity index is 64.3. The van der Waals surface area contributed by atoms with Crippen molar-refractivity contribution in [2.45, 2.75) is 45.3 Å². The lowest BCUT2D eigenvalue weighted by molar-refractivity contribution is 0.897. The lowest BCUT2D eigenvalue weighted by Gasteiger charge is -2.05. The molecule has 0 heterocycles. The van der Waals surface area contributed by atoms with Gasteiger partial charge >= 0.3 is 0 Å². The van der Waals surface area contributed by atoms with Crippen molar-refractivity contribution in [1.29, 1.82) is 0 Å². The fourth-order valence-corrected chi connectivity index (χ4v) is 3.05. The summed E-state index contributed by atoms with van der Waals surface area (Å²) in [6, 6.07) is 0. The largest absolute Gasteiger partial charge is 0.0939 e. The molecule has 0 aliphatic heterocycles. The van der Waals surface area contributed by atoms with Crippen molar-refractivity contribution in [2.24, 2.45) is 0 Å². The molecule has 0 radical (unpaired) electrons. The van der Waals surface area contributed by atoms with E-state index < -0.39 is 0 Å². The Balaban J connectivity index is 2.89. The van der Waals surface area contributed by atoms with Gasteiger partial charge in [-0.3, -0.25) is 0 Å². The van der Waals surface area contributed by atoms with E-state index in [-0.39, 0.29) is 0 Å². The van der Waals surface area contributed by atoms with Crippen LogP contribution < -0.4 is 0 Å². The summed E-state index contributed by atoms with van der Waals surface area (Å²) in [5.41, 5.74) is 0. The van der Waals surface area contributed by atoms with E-state index in [0.717, 1.165) is 5.25 Å². The van der Waals surface area contributed by atoms with Crippen molar-refractivity contribution in [1.82, 2.24) is 0 Å². The zero-order chi connectivity index (χ0) is 7.82. The summed E-state index contributed by atoms with van der Waals surface area (Å²) in [6.45, 7) is 6.79. The summed E-state index contributed by atoms with van der Waals surface area (Å²) in [7, 11) is 4.06. The minimum Gasteiger partial charge on any atom is -0.0939 e. The third-order valence-corrected chi connectivity index (χ3v) is 4.54. The highest BCUT2D eigenvalue weighted by molar-refractivity contribution is 8.76. The molecule has 0 nitrogen and oxygen atoms in total. The molecule has 10 heavy (non-hydrogen) atoms. The summed E-state index contributed by atoms with van der Waals surface area (Å²) in [5.74, 6) is 1.32. The highest BCUT2D eigenvalue weighted by atomic mass is 33.1. The Labute approximate surface area is 72.9 Å². The van der Waals surface area contributed by atoms with Crippen LogP contribution in [0.15, 0.2) is 0 Å². The molecule has 62 valence electrons. The van der Waals surface area contributed by atoms with Gasteiger partial charge in [0.25, 0.3) is 0 Å². The minimum atomic E-state index is 0.835. The van der Waals surface area contributed by atoms with Crippen molar-refractivity contribution >= 4 is 21.6 Å². The molecule has 0 rings (SSSR count). The Kier molecular flexibility index (Phi) is 8.35. The fraction of sp³-hybridized carbons (Fsp3) is 1.00. The molecule has 0 fully saturated rings. The lowest BCUT2D eigenvalue weighted by Crippen LogP contribution is -1.88. The number of unbranched alkanes of at least 4 members (excludes halogenated alkanes) is 1. The van der Waals surface area contributed by atoms with E-state index in [2.05, 4.69) is 20.8 Å². The third kappa shape index (κ3) is 6.81. The second-order valence-electron chi connectivity index (χ2n) is 2.49. The van der Waals surface area contributed by atoms with E-state index in [1.165, 1.54) is 25.0 Å². The Morgan fingerprint density at radius 1 is 1.30 bits per heavy atom. The van der Waals surface area contributed by atoms with Gasteiger partial charge in [-0.25, -0.2) is 0 Å². The first-order valence-electron chi connectivity index (χ1n) is 4.09. The summed E-state index contributed by atoms with van der Waals surface area (Å²) >= 11 is 0. The van der Waals surface area contributed by atoms with E-state index >= 15 is 0 Å². The molecular formula is C8H18S2. The second-order valence-corrected chi connectivity index (χ2v) is 5.42. The van der Waals surface area contributed by atoms with Crippen LogP contribution in [0.4, 0.5) is 0 Å². The first-order valence-corrected chi connectivity index (χ1v) is 6.47. The summed E-state index contributed by atoms with van der Waals surface area (Å²) in [5, 5.41) is 0.835. The van der Waals surface area contributed by atoms with Crippen LogP contribution in [-0.2, 0) is 0 Å². The van der Waals surface area contributed by atoms with Crippen LogP contribution in [0.25, 0.3) is 0 Å². The normalized spacial score (nSPS) is 13.5. The van der Waals surface area contributed by atoms with Crippen LogP contribution >= 0.6 is 21.6 Å². The Hall–Kier alpha value is 0.700. The third-order valence-electron chi connectivity index (χ3n) is 1.39. The van der Waals surface area contributed by atoms with Gasteiger partial charge in [-0.2, -0.15) is 0 Å². The standard InChI is InChI=1S/C8H18S2/c1-4-6-7-9-10-8(3)5-2/h8H,4-7H2,1-3H3. The van der Waals surface area contributed by atoms with E-state index in [4.69, 9.17) is 0 Å². The predicted octanol–water partition coefficient (Wildman–Crippen LogP) is 3.97. The smallest absolute Gasteiger partial charge is 0.0120 e. The molecular weight excluding hydrogens is 160 g/mol. The molecule has 0 N–H and O–H groups in total. The van der Waals surface area contributed by atoms with E-state index in [9.17, 15) is 0 Å². The van der Waals surface area contributed by atoms with Crippen LogP contribution in [0, 0.1) is 0 Å². The lowest BCUT2D eigenvalue weighted by atomic mass is 10.4. The van der Waals surface area contributed by atoms with Crippen LogP contribution in [-0.4, -0.2) is 11.0 Å². The SMILES string of the molecule is CCCCSSC(C)CC. The molecule has 0 saturated heterocycles. The number of hydrogen-bond donors (Lipinski definition) is 0. The van der Waals surface area contributed by atoms with Gasteiger partial charge in [0.15, 0.2) is 0 Å². The molecule has 0 bridgehead atoms. The highest BCUT2D eigenvalue weighted by Crippen LogP contribution is 2.28. The highest BCUT2D eigenvalue weighted by Gasteiger charge is 1.97. The average molecular weight is 178 g/mol. The average Bonchev–Trinajstić information content (AvgIpc) is 1.98. The molecule has 0 amide bonds. The van der Waals surface area contributed by atoms with Gasteiger partial charge in [0.1, 0.15) is 0 Å². The number of hydrogen-bond acceptors (Lipinski definition) is 2. The van der Waals surface area contributed by atoms with Gasteiger partial charge in [-0.1, -0.05) is 48.8 Å². The molecule has 1 unspecified atom stereocenters. The molecule has 0 aromatic heterocycles. The van der Waals surface area contributed by atoms with Crippen molar-refractivity contribution in [3.63, 3.8) is 0 Å². The first kappa shape index (κ1) is 10.7. The molecule has 0 aromatic rings. The minimum absolute atomic E-state index is 0.835. The van der Waals surface area contributed by atoms with Gasteiger partial charge in [0.2, 0.25) is 0 Å². The summed E-state index contributed by atoms with van der Waals surface area (Å²) in [4.78, 5) is 0. The second kappa shape index (κ2) is 7.80. The van der Waals surface area contributed by atoms with Gasteiger partial charge in [-0.15, -0.1) is 0 Å². The first-order chi connectivity index (χ1) is 4.81. The van der Waals surface area contributed by atoms with Crippen molar-refractivity contribution in [2.75, 3.05) is 5.75 Å². The van der Waals surface area contributed by atoms with Crippen molar-refractivity contribution in [3.05, 3.63) is 0 Å². The summed E-state index contributed by atoms with van der Waals surface area (Å²) < 4.78 is 0. The van der Waals surface area contributed by atoms with Crippen molar-refractivity contribution < 1.29 is 0 Å². The van der Waals surface area contributed by atoms with Gasteiger partial charge in [-0.05, 0) is 12.8 Å². The molecule has 0 aliphatic carbocycles. The molecule has 0 aromatic carbocycles. The van der Waals surface area contributed by atoms with E-state index in [0.29, 0.717) is 0 Å². The Morgan fingerprint density at radius 2 is 2.00 bits per heavy atom. The maximum absolute atomic E-state index is 2.30. The molecule has 1 atom stereocenters. The van der Waals surface area contributed by atoms with Crippen LogP contribution in [0.1, 0.15) is 40.0 Å². The molecule has 0 saturated carbocycles. The zero-order valence-corrected chi connectivity index (χ0v) is 8.86. The Morgan fingerprint density at radius 3 is 2.50 bits per heavy atom. The fourth-order valence-electron chi connectivity index (χ4n) is 0.436. The monoisotopic (exact) mass is 178 g/mol. The van der Waals surface area contributed by atoms with Gasteiger partial charge in [0, 0.05) is 11.0 Å². The van der Waals surface area contributed by atoms with Gasteiger partial charge < -0.3 is 0 Å². The predicted molar refractivity (Wildman–Crippen MR) is 54.7 cm³/mol. The van der Waals surface area contributed by atoms with Crippen LogP contribution in [0.2, 0.25) is 0 Å². The zero-order valence-electron chi connectivity index (χ0n) is 7.22. The van der Waals surface area contributed by atoms with Crippen LogP contribution in [0.5, 0.6) is 0 Å².